The first-order valence-corrected chi connectivity index (χ1v) is 3.50. The quantitative estimate of drug-likeness (QED) is 0.644. The number of aryl methyl sites for hydroxylation is 1. The van der Waals surface area contributed by atoms with E-state index in [0.717, 1.165) is 11.4 Å². The first kappa shape index (κ1) is 7.85. The lowest BCUT2D eigenvalue weighted by molar-refractivity contribution is 0.863. The second kappa shape index (κ2) is 2.78. The van der Waals surface area contributed by atoms with Crippen LogP contribution < -0.4 is 10.9 Å². The lowest BCUT2D eigenvalue weighted by Gasteiger charge is -2.06. The Balaban J connectivity index is 3.36. The fourth-order valence-electron chi connectivity index (χ4n) is 1.00. The normalized spacial score (nSPS) is 9.73. The molecule has 1 aromatic heterocycles. The molecule has 1 N–H and O–H groups in total. The molecule has 0 fully saturated rings. The van der Waals surface area contributed by atoms with Crippen LogP contribution in [0.15, 0.2) is 16.9 Å². The van der Waals surface area contributed by atoms with Crippen molar-refractivity contribution in [2.24, 2.45) is 7.05 Å². The van der Waals surface area contributed by atoms with Gasteiger partial charge >= 0.3 is 0 Å². The molecule has 0 aromatic carbocycles. The van der Waals surface area contributed by atoms with Crippen molar-refractivity contribution in [3.63, 3.8) is 0 Å². The van der Waals surface area contributed by atoms with Crippen LogP contribution in [-0.4, -0.2) is 11.6 Å². The van der Waals surface area contributed by atoms with Crippen LogP contribution in [0.25, 0.3) is 0 Å². The summed E-state index contributed by atoms with van der Waals surface area (Å²) in [7, 11) is 3.54. The predicted octanol–water partition coefficient (Wildman–Crippen LogP) is 0.735. The number of nitrogens with zero attached hydrogens (tertiary/aromatic N) is 1. The maximum absolute atomic E-state index is 11.1. The van der Waals surface area contributed by atoms with Crippen LogP contribution in [0.2, 0.25) is 0 Å². The highest BCUT2D eigenvalue weighted by atomic mass is 16.1. The topological polar surface area (TPSA) is 34.0 Å². The standard InChI is InChI=1S/C8H12N2O/c1-6-4-7(9-2)10(3)8(11)5-6/h4-5,9H,1-3H3. The average Bonchev–Trinajstić information content (AvgIpc) is 1.96. The second-order valence-electron chi connectivity index (χ2n) is 2.57. The molecule has 1 aromatic rings. The molecule has 0 radical (unpaired) electrons. The zero-order valence-electron chi connectivity index (χ0n) is 7.01. The molecule has 3 nitrogen and oxygen atoms in total. The number of rotatable bonds is 1. The van der Waals surface area contributed by atoms with Crippen molar-refractivity contribution in [2.45, 2.75) is 6.92 Å². The van der Waals surface area contributed by atoms with Crippen LogP contribution in [-0.2, 0) is 7.05 Å². The molecule has 1 rings (SSSR count). The van der Waals surface area contributed by atoms with Crippen LogP contribution in [0, 0.1) is 6.92 Å². The number of anilines is 1. The maximum Gasteiger partial charge on any atom is 0.252 e. The average molecular weight is 152 g/mol. The molecule has 0 saturated heterocycles. The molecule has 0 amide bonds. The van der Waals surface area contributed by atoms with E-state index in [0.29, 0.717) is 0 Å². The SMILES string of the molecule is CNc1cc(C)cc(=O)n1C. The number of nitrogens with one attached hydrogen (secondary N) is 1. The molecular weight excluding hydrogens is 140 g/mol. The Morgan fingerprint density at radius 3 is 2.64 bits per heavy atom. The minimum absolute atomic E-state index is 0.0225. The number of hydrogen-bond acceptors (Lipinski definition) is 2. The third kappa shape index (κ3) is 1.42. The van der Waals surface area contributed by atoms with E-state index >= 15 is 0 Å². The monoisotopic (exact) mass is 152 g/mol. The summed E-state index contributed by atoms with van der Waals surface area (Å²) >= 11 is 0. The van der Waals surface area contributed by atoms with E-state index in [-0.39, 0.29) is 5.56 Å². The van der Waals surface area contributed by atoms with E-state index in [4.69, 9.17) is 0 Å². The van der Waals surface area contributed by atoms with Crippen LogP contribution in [0.4, 0.5) is 5.82 Å². The van der Waals surface area contributed by atoms with E-state index in [1.807, 2.05) is 13.0 Å². The van der Waals surface area contributed by atoms with E-state index in [2.05, 4.69) is 5.32 Å². The highest BCUT2D eigenvalue weighted by Crippen LogP contribution is 2.03. The van der Waals surface area contributed by atoms with Gasteiger partial charge in [0.2, 0.25) is 0 Å². The van der Waals surface area contributed by atoms with Gasteiger partial charge < -0.3 is 5.32 Å². The van der Waals surface area contributed by atoms with Crippen molar-refractivity contribution in [3.8, 4) is 0 Å². The second-order valence-corrected chi connectivity index (χ2v) is 2.57. The molecule has 0 unspecified atom stereocenters. The molecule has 1 heterocycles. The van der Waals surface area contributed by atoms with E-state index < -0.39 is 0 Å². The summed E-state index contributed by atoms with van der Waals surface area (Å²) in [6, 6.07) is 3.54. The van der Waals surface area contributed by atoms with Crippen molar-refractivity contribution in [2.75, 3.05) is 12.4 Å². The van der Waals surface area contributed by atoms with E-state index in [1.165, 1.54) is 0 Å². The molecule has 0 aliphatic heterocycles. The summed E-state index contributed by atoms with van der Waals surface area (Å²) in [5.41, 5.74) is 1.01. The molecule has 0 spiro atoms. The van der Waals surface area contributed by atoms with Gasteiger partial charge in [0.05, 0.1) is 0 Å². The zero-order valence-corrected chi connectivity index (χ0v) is 7.01. The number of pyridine rings is 1. The minimum atomic E-state index is 0.0225. The summed E-state index contributed by atoms with van der Waals surface area (Å²) in [5, 5.41) is 2.94. The Bertz CT molecular complexity index is 314. The highest BCUT2D eigenvalue weighted by Gasteiger charge is 1.96. The highest BCUT2D eigenvalue weighted by molar-refractivity contribution is 5.37. The fourth-order valence-corrected chi connectivity index (χ4v) is 1.00. The first-order chi connectivity index (χ1) is 5.15. The minimum Gasteiger partial charge on any atom is -0.374 e. The summed E-state index contributed by atoms with van der Waals surface area (Å²) in [6.07, 6.45) is 0. The van der Waals surface area contributed by atoms with Gasteiger partial charge in [-0.2, -0.15) is 0 Å². The van der Waals surface area contributed by atoms with Crippen molar-refractivity contribution in [3.05, 3.63) is 28.0 Å². The first-order valence-electron chi connectivity index (χ1n) is 3.50. The number of hydrogen-bond donors (Lipinski definition) is 1. The number of aromatic nitrogens is 1. The van der Waals surface area contributed by atoms with Crippen molar-refractivity contribution >= 4 is 5.82 Å². The summed E-state index contributed by atoms with van der Waals surface area (Å²) in [6.45, 7) is 1.90. The van der Waals surface area contributed by atoms with Gasteiger partial charge in [0.25, 0.3) is 5.56 Å². The summed E-state index contributed by atoms with van der Waals surface area (Å²) in [4.78, 5) is 11.1. The molecular formula is C8H12N2O. The summed E-state index contributed by atoms with van der Waals surface area (Å²) < 4.78 is 1.58. The predicted molar refractivity (Wildman–Crippen MR) is 46.0 cm³/mol. The zero-order chi connectivity index (χ0) is 8.43. The van der Waals surface area contributed by atoms with Crippen molar-refractivity contribution in [1.29, 1.82) is 0 Å². The third-order valence-electron chi connectivity index (χ3n) is 1.66. The Hall–Kier alpha value is -1.25. The Morgan fingerprint density at radius 2 is 2.09 bits per heavy atom. The molecule has 11 heavy (non-hydrogen) atoms. The molecule has 0 aliphatic rings. The van der Waals surface area contributed by atoms with Gasteiger partial charge in [-0.25, -0.2) is 0 Å². The van der Waals surface area contributed by atoms with Crippen LogP contribution in [0.1, 0.15) is 5.56 Å². The van der Waals surface area contributed by atoms with Crippen molar-refractivity contribution < 1.29 is 0 Å². The molecule has 60 valence electrons. The Morgan fingerprint density at radius 1 is 1.45 bits per heavy atom. The third-order valence-corrected chi connectivity index (χ3v) is 1.66. The van der Waals surface area contributed by atoms with Gasteiger partial charge in [-0.15, -0.1) is 0 Å². The molecule has 0 bridgehead atoms. The van der Waals surface area contributed by atoms with Crippen molar-refractivity contribution in [1.82, 2.24) is 4.57 Å². The van der Waals surface area contributed by atoms with Crippen LogP contribution in [0.5, 0.6) is 0 Å². The van der Waals surface area contributed by atoms with E-state index in [9.17, 15) is 4.79 Å². The van der Waals surface area contributed by atoms with Gasteiger partial charge in [0, 0.05) is 20.2 Å². The molecule has 0 saturated carbocycles. The van der Waals surface area contributed by atoms with Gasteiger partial charge in [-0.1, -0.05) is 0 Å². The summed E-state index contributed by atoms with van der Waals surface area (Å²) in [5.74, 6) is 0.843. The smallest absolute Gasteiger partial charge is 0.252 e. The maximum atomic E-state index is 11.1. The Labute approximate surface area is 65.7 Å². The lowest BCUT2D eigenvalue weighted by Crippen LogP contribution is -2.18. The van der Waals surface area contributed by atoms with Crippen LogP contribution in [0.3, 0.4) is 0 Å². The van der Waals surface area contributed by atoms with Gasteiger partial charge in [-0.3, -0.25) is 9.36 Å². The molecule has 3 heteroatoms. The Kier molecular flexibility index (Phi) is 1.98. The van der Waals surface area contributed by atoms with Gasteiger partial charge in [0.15, 0.2) is 0 Å². The van der Waals surface area contributed by atoms with E-state index in [1.54, 1.807) is 24.7 Å². The lowest BCUT2D eigenvalue weighted by atomic mass is 10.3. The van der Waals surface area contributed by atoms with Gasteiger partial charge in [-0.05, 0) is 18.6 Å². The molecule has 0 atom stereocenters. The fraction of sp³-hybridized carbons (Fsp3) is 0.375. The van der Waals surface area contributed by atoms with Gasteiger partial charge in [0.1, 0.15) is 5.82 Å². The van der Waals surface area contributed by atoms with Crippen LogP contribution >= 0.6 is 0 Å². The molecule has 0 aliphatic carbocycles. The largest absolute Gasteiger partial charge is 0.374 e.